The first kappa shape index (κ1) is 8.74. The average molecular weight is 191 g/mol. The summed E-state index contributed by atoms with van der Waals surface area (Å²) in [6.07, 6.45) is -0.173. The Balaban J connectivity index is 2.46. The van der Waals surface area contributed by atoms with Crippen LogP contribution in [0.5, 0.6) is 0 Å². The minimum Gasteiger partial charge on any atom is -0.481 e. The molecule has 0 spiro atoms. The highest BCUT2D eigenvalue weighted by Crippen LogP contribution is 2.16. The lowest BCUT2D eigenvalue weighted by Crippen LogP contribution is -1.99. The van der Waals surface area contributed by atoms with Gasteiger partial charge in [-0.05, 0) is 24.6 Å². The Morgan fingerprint density at radius 1 is 1.57 bits per heavy atom. The third-order valence-corrected chi connectivity index (χ3v) is 1.89. The lowest BCUT2D eigenvalue weighted by atomic mass is 10.2. The zero-order valence-corrected chi connectivity index (χ0v) is 7.65. The maximum atomic E-state index is 10.4. The molecule has 4 nitrogen and oxygen atoms in total. The van der Waals surface area contributed by atoms with Gasteiger partial charge in [0.05, 0.1) is 0 Å². The minimum absolute atomic E-state index is 0.173. The Kier molecular flexibility index (Phi) is 1.96. The first-order valence-corrected chi connectivity index (χ1v) is 4.23. The fraction of sp³-hybridized carbons (Fsp3) is 0.200. The zero-order chi connectivity index (χ0) is 10.1. The van der Waals surface area contributed by atoms with E-state index in [0.29, 0.717) is 11.1 Å². The summed E-state index contributed by atoms with van der Waals surface area (Å²) >= 11 is 0. The molecule has 14 heavy (non-hydrogen) atoms. The molecule has 0 atom stereocenters. The fourth-order valence-electron chi connectivity index (χ4n) is 1.29. The second kappa shape index (κ2) is 3.14. The summed E-state index contributed by atoms with van der Waals surface area (Å²) < 4.78 is 5.24. The third-order valence-electron chi connectivity index (χ3n) is 1.89. The summed E-state index contributed by atoms with van der Waals surface area (Å²) in [6.45, 7) is 1.95. The molecule has 0 saturated carbocycles. The molecule has 0 saturated heterocycles. The second-order valence-electron chi connectivity index (χ2n) is 3.15. The van der Waals surface area contributed by atoms with Gasteiger partial charge in [-0.2, -0.15) is 0 Å². The number of fused-ring (bicyclic) bond motifs is 1. The molecule has 0 unspecified atom stereocenters. The maximum absolute atomic E-state index is 10.4. The van der Waals surface area contributed by atoms with Crippen molar-refractivity contribution in [2.75, 3.05) is 0 Å². The number of rotatable bonds is 2. The molecule has 1 heterocycles. The molecule has 0 aliphatic rings. The summed E-state index contributed by atoms with van der Waals surface area (Å²) in [5.74, 6) is -0.689. The summed E-state index contributed by atoms with van der Waals surface area (Å²) in [5.41, 5.74) is 2.42. The van der Waals surface area contributed by atoms with Crippen LogP contribution in [0.4, 0.5) is 0 Å². The van der Waals surface area contributed by atoms with Gasteiger partial charge in [0.25, 0.3) is 0 Å². The molecular weight excluding hydrogens is 182 g/mol. The van der Waals surface area contributed by atoms with Crippen LogP contribution in [0.15, 0.2) is 22.6 Å². The van der Waals surface area contributed by atoms with Gasteiger partial charge >= 0.3 is 5.97 Å². The Bertz CT molecular complexity index is 487. The highest BCUT2D eigenvalue weighted by Gasteiger charge is 2.08. The first-order valence-electron chi connectivity index (χ1n) is 4.23. The van der Waals surface area contributed by atoms with Gasteiger partial charge in [-0.1, -0.05) is 6.07 Å². The molecule has 0 aliphatic carbocycles. The van der Waals surface area contributed by atoms with Crippen molar-refractivity contribution >= 4 is 17.1 Å². The van der Waals surface area contributed by atoms with E-state index >= 15 is 0 Å². The lowest BCUT2D eigenvalue weighted by Gasteiger charge is -1.87. The van der Waals surface area contributed by atoms with Crippen molar-refractivity contribution in [1.82, 2.24) is 4.98 Å². The van der Waals surface area contributed by atoms with Crippen LogP contribution in [0.2, 0.25) is 0 Å². The van der Waals surface area contributed by atoms with Gasteiger partial charge in [-0.25, -0.2) is 4.98 Å². The normalized spacial score (nSPS) is 10.6. The van der Waals surface area contributed by atoms with Crippen molar-refractivity contribution in [1.29, 1.82) is 0 Å². The van der Waals surface area contributed by atoms with E-state index in [1.54, 1.807) is 6.07 Å². The molecule has 0 bridgehead atoms. The number of aromatic nitrogens is 1. The molecule has 72 valence electrons. The number of carbonyl (C=O) groups is 1. The molecule has 1 aromatic heterocycles. The van der Waals surface area contributed by atoms with Crippen molar-refractivity contribution < 1.29 is 14.3 Å². The molecule has 0 radical (unpaired) electrons. The quantitative estimate of drug-likeness (QED) is 0.785. The lowest BCUT2D eigenvalue weighted by molar-refractivity contribution is -0.136. The Hall–Kier alpha value is -1.84. The van der Waals surface area contributed by atoms with E-state index < -0.39 is 5.97 Å². The van der Waals surface area contributed by atoms with Gasteiger partial charge in [0.1, 0.15) is 11.9 Å². The van der Waals surface area contributed by atoms with Gasteiger partial charge in [-0.15, -0.1) is 0 Å². The molecule has 2 rings (SSSR count). The summed E-state index contributed by atoms with van der Waals surface area (Å²) in [4.78, 5) is 14.5. The van der Waals surface area contributed by atoms with Gasteiger partial charge in [0.15, 0.2) is 5.58 Å². The number of benzene rings is 1. The van der Waals surface area contributed by atoms with Crippen LogP contribution in [0.25, 0.3) is 11.1 Å². The zero-order valence-electron chi connectivity index (χ0n) is 7.65. The van der Waals surface area contributed by atoms with E-state index in [9.17, 15) is 4.79 Å². The van der Waals surface area contributed by atoms with Crippen LogP contribution in [0, 0.1) is 6.92 Å². The number of aryl methyl sites for hydroxylation is 1. The van der Waals surface area contributed by atoms with Crippen LogP contribution < -0.4 is 0 Å². The van der Waals surface area contributed by atoms with E-state index in [1.165, 1.54) is 0 Å². The number of hydrogen-bond acceptors (Lipinski definition) is 3. The smallest absolute Gasteiger partial charge is 0.312 e. The number of nitrogens with zero attached hydrogens (tertiary/aromatic N) is 1. The minimum atomic E-state index is -0.937. The Labute approximate surface area is 80.2 Å². The van der Waals surface area contributed by atoms with E-state index in [0.717, 1.165) is 5.56 Å². The average Bonchev–Trinajstić information content (AvgIpc) is 2.44. The molecule has 1 N–H and O–H groups in total. The predicted molar refractivity (Wildman–Crippen MR) is 50.1 cm³/mol. The van der Waals surface area contributed by atoms with Crippen LogP contribution in [-0.2, 0) is 11.2 Å². The van der Waals surface area contributed by atoms with Crippen molar-refractivity contribution in [2.45, 2.75) is 13.3 Å². The van der Waals surface area contributed by atoms with E-state index in [2.05, 4.69) is 4.98 Å². The van der Waals surface area contributed by atoms with Gasteiger partial charge in [0.2, 0.25) is 5.89 Å². The standard InChI is InChI=1S/C10H9NO3/c1-6-2-3-8-7(4-6)11-9(14-8)5-10(12)13/h2-4H,5H2,1H3,(H,12,13). The van der Waals surface area contributed by atoms with Crippen molar-refractivity contribution in [2.24, 2.45) is 0 Å². The highest BCUT2D eigenvalue weighted by atomic mass is 16.4. The fourth-order valence-corrected chi connectivity index (χ4v) is 1.29. The van der Waals surface area contributed by atoms with Crippen LogP contribution in [0.3, 0.4) is 0 Å². The predicted octanol–water partition coefficient (Wildman–Crippen LogP) is 1.76. The summed E-state index contributed by atoms with van der Waals surface area (Å²) in [5, 5.41) is 8.55. The van der Waals surface area contributed by atoms with Gasteiger partial charge in [-0.3, -0.25) is 4.79 Å². The van der Waals surface area contributed by atoms with Gasteiger partial charge < -0.3 is 9.52 Å². The number of oxazole rings is 1. The number of carboxylic acid groups (broad SMARTS) is 1. The highest BCUT2D eigenvalue weighted by molar-refractivity contribution is 5.75. The van der Waals surface area contributed by atoms with Crippen LogP contribution in [0.1, 0.15) is 11.5 Å². The molecule has 0 amide bonds. The monoisotopic (exact) mass is 191 g/mol. The van der Waals surface area contributed by atoms with Crippen LogP contribution in [-0.4, -0.2) is 16.1 Å². The topological polar surface area (TPSA) is 63.3 Å². The van der Waals surface area contributed by atoms with E-state index in [1.807, 2.05) is 19.1 Å². The first-order chi connectivity index (χ1) is 6.65. The Morgan fingerprint density at radius 3 is 3.07 bits per heavy atom. The van der Waals surface area contributed by atoms with Crippen molar-refractivity contribution in [3.05, 3.63) is 29.7 Å². The van der Waals surface area contributed by atoms with Crippen molar-refractivity contribution in [3.63, 3.8) is 0 Å². The number of aliphatic carboxylic acids is 1. The summed E-state index contributed by atoms with van der Waals surface area (Å²) in [7, 11) is 0. The molecule has 0 aliphatic heterocycles. The number of carboxylic acids is 1. The van der Waals surface area contributed by atoms with Crippen LogP contribution >= 0.6 is 0 Å². The van der Waals surface area contributed by atoms with Crippen molar-refractivity contribution in [3.8, 4) is 0 Å². The third kappa shape index (κ3) is 1.59. The van der Waals surface area contributed by atoms with E-state index in [-0.39, 0.29) is 12.3 Å². The molecule has 4 heteroatoms. The summed E-state index contributed by atoms with van der Waals surface area (Å²) in [6, 6.07) is 5.56. The largest absolute Gasteiger partial charge is 0.481 e. The molecule has 2 aromatic rings. The molecular formula is C10H9NO3. The van der Waals surface area contributed by atoms with Gasteiger partial charge in [0, 0.05) is 0 Å². The molecule has 0 fully saturated rings. The second-order valence-corrected chi connectivity index (χ2v) is 3.15. The maximum Gasteiger partial charge on any atom is 0.312 e. The molecule has 1 aromatic carbocycles. The SMILES string of the molecule is Cc1ccc2oc(CC(=O)O)nc2c1. The van der Waals surface area contributed by atoms with E-state index in [4.69, 9.17) is 9.52 Å². The number of hydrogen-bond donors (Lipinski definition) is 1. The Morgan fingerprint density at radius 2 is 2.36 bits per heavy atom.